The number of methoxy groups -OCH3 is 1. The predicted molar refractivity (Wildman–Crippen MR) is 84.0 cm³/mol. The van der Waals surface area contributed by atoms with Crippen LogP contribution in [0.4, 0.5) is 0 Å². The van der Waals surface area contributed by atoms with E-state index >= 15 is 0 Å². The summed E-state index contributed by atoms with van der Waals surface area (Å²) >= 11 is 6.49. The second-order valence-corrected chi connectivity index (χ2v) is 5.50. The quantitative estimate of drug-likeness (QED) is 0.657. The number of nitrogens with zero attached hydrogens (tertiary/aromatic N) is 1. The van der Waals surface area contributed by atoms with Crippen LogP contribution in [0, 0.1) is 6.92 Å². The number of para-hydroxylation sites is 2. The normalized spacial score (nSPS) is 12.5. The van der Waals surface area contributed by atoms with Gasteiger partial charge in [0.2, 0.25) is 0 Å². The molecule has 0 amide bonds. The number of hydrogen-bond donors (Lipinski definition) is 0. The first-order valence-electron chi connectivity index (χ1n) is 6.80. The Kier molecular flexibility index (Phi) is 3.84. The highest BCUT2D eigenvalue weighted by Crippen LogP contribution is 2.30. The first-order chi connectivity index (χ1) is 10.2. The Balaban J connectivity index is 1.83. The van der Waals surface area contributed by atoms with Crippen LogP contribution >= 0.6 is 11.6 Å². The molecule has 1 unspecified atom stereocenters. The predicted octanol–water partition coefficient (Wildman–Crippen LogP) is 4.67. The molecule has 0 N–H and O–H groups in total. The van der Waals surface area contributed by atoms with Crippen molar-refractivity contribution < 1.29 is 9.15 Å². The van der Waals surface area contributed by atoms with Gasteiger partial charge < -0.3 is 9.15 Å². The van der Waals surface area contributed by atoms with Crippen LogP contribution in [0.1, 0.15) is 22.4 Å². The number of oxazole rings is 1. The Bertz CT molecular complexity index is 733. The van der Waals surface area contributed by atoms with Crippen molar-refractivity contribution in [1.29, 1.82) is 0 Å². The molecule has 1 aromatic heterocycles. The second kappa shape index (κ2) is 5.78. The largest absolute Gasteiger partial charge is 0.496 e. The third kappa shape index (κ3) is 2.88. The summed E-state index contributed by atoms with van der Waals surface area (Å²) in [4.78, 5) is 4.46. The van der Waals surface area contributed by atoms with E-state index < -0.39 is 0 Å². The number of benzene rings is 2. The molecule has 3 aromatic rings. The van der Waals surface area contributed by atoms with Crippen molar-refractivity contribution in [2.45, 2.75) is 18.7 Å². The van der Waals surface area contributed by atoms with E-state index in [2.05, 4.69) is 4.98 Å². The number of fused-ring (bicyclic) bond motifs is 1. The smallest absolute Gasteiger partial charge is 0.197 e. The van der Waals surface area contributed by atoms with Gasteiger partial charge in [0.15, 0.2) is 11.5 Å². The van der Waals surface area contributed by atoms with E-state index in [1.807, 2.05) is 49.4 Å². The maximum absolute atomic E-state index is 6.49. The van der Waals surface area contributed by atoms with Gasteiger partial charge in [-0.25, -0.2) is 4.98 Å². The maximum Gasteiger partial charge on any atom is 0.197 e. The van der Waals surface area contributed by atoms with Gasteiger partial charge in [0, 0.05) is 6.42 Å². The average molecular weight is 302 g/mol. The molecule has 0 fully saturated rings. The standard InChI is InChI=1S/C17H16ClNO2/c1-11-7-8-12(9-16(11)20-2)13(18)10-17-19-14-5-3-4-6-15(14)21-17/h3-9,13H,10H2,1-2H3. The van der Waals surface area contributed by atoms with Gasteiger partial charge in [-0.2, -0.15) is 0 Å². The van der Waals surface area contributed by atoms with E-state index in [0.29, 0.717) is 12.3 Å². The zero-order chi connectivity index (χ0) is 14.8. The monoisotopic (exact) mass is 301 g/mol. The zero-order valence-electron chi connectivity index (χ0n) is 12.0. The first-order valence-corrected chi connectivity index (χ1v) is 7.24. The molecule has 0 saturated heterocycles. The molecule has 1 atom stereocenters. The Morgan fingerprint density at radius 3 is 2.81 bits per heavy atom. The number of ether oxygens (including phenoxy) is 1. The maximum atomic E-state index is 6.49. The van der Waals surface area contributed by atoms with Crippen LogP contribution in [0.25, 0.3) is 11.1 Å². The minimum Gasteiger partial charge on any atom is -0.496 e. The lowest BCUT2D eigenvalue weighted by molar-refractivity contribution is 0.411. The molecule has 0 aliphatic heterocycles. The number of rotatable bonds is 4. The van der Waals surface area contributed by atoms with E-state index in [-0.39, 0.29) is 5.38 Å². The fourth-order valence-electron chi connectivity index (χ4n) is 2.31. The summed E-state index contributed by atoms with van der Waals surface area (Å²) in [5.74, 6) is 1.49. The van der Waals surface area contributed by atoms with Crippen LogP contribution in [-0.2, 0) is 6.42 Å². The summed E-state index contributed by atoms with van der Waals surface area (Å²) in [6, 6.07) is 13.7. The van der Waals surface area contributed by atoms with Gasteiger partial charge >= 0.3 is 0 Å². The molecule has 1 heterocycles. The molecule has 0 aliphatic carbocycles. The molecule has 4 heteroatoms. The molecule has 0 bridgehead atoms. The molecular formula is C17H16ClNO2. The minimum absolute atomic E-state index is 0.201. The van der Waals surface area contributed by atoms with Gasteiger partial charge in [-0.05, 0) is 36.2 Å². The van der Waals surface area contributed by atoms with Crippen LogP contribution in [0.5, 0.6) is 5.75 Å². The van der Waals surface area contributed by atoms with Crippen molar-refractivity contribution in [1.82, 2.24) is 4.98 Å². The summed E-state index contributed by atoms with van der Waals surface area (Å²) in [6.07, 6.45) is 0.544. The van der Waals surface area contributed by atoms with E-state index in [1.165, 1.54) is 0 Å². The fourth-order valence-corrected chi connectivity index (χ4v) is 2.58. The van der Waals surface area contributed by atoms with Gasteiger partial charge in [-0.1, -0.05) is 24.3 Å². The van der Waals surface area contributed by atoms with E-state index in [0.717, 1.165) is 28.0 Å². The topological polar surface area (TPSA) is 35.3 Å². The van der Waals surface area contributed by atoms with Crippen molar-refractivity contribution in [3.8, 4) is 5.75 Å². The van der Waals surface area contributed by atoms with E-state index in [9.17, 15) is 0 Å². The zero-order valence-corrected chi connectivity index (χ0v) is 12.7. The van der Waals surface area contributed by atoms with Crippen molar-refractivity contribution in [3.05, 3.63) is 59.5 Å². The lowest BCUT2D eigenvalue weighted by Gasteiger charge is -2.11. The van der Waals surface area contributed by atoms with Crippen LogP contribution in [0.15, 0.2) is 46.9 Å². The number of aryl methyl sites for hydroxylation is 1. The van der Waals surface area contributed by atoms with Crippen molar-refractivity contribution in [3.63, 3.8) is 0 Å². The summed E-state index contributed by atoms with van der Waals surface area (Å²) in [5, 5.41) is -0.201. The van der Waals surface area contributed by atoms with Gasteiger partial charge in [0.1, 0.15) is 11.3 Å². The van der Waals surface area contributed by atoms with E-state index in [1.54, 1.807) is 7.11 Å². The second-order valence-electron chi connectivity index (χ2n) is 4.98. The Labute approximate surface area is 128 Å². The van der Waals surface area contributed by atoms with Gasteiger partial charge in [0.05, 0.1) is 12.5 Å². The minimum atomic E-state index is -0.201. The Morgan fingerprint density at radius 1 is 1.24 bits per heavy atom. The van der Waals surface area contributed by atoms with Crippen LogP contribution in [0.3, 0.4) is 0 Å². The lowest BCUT2D eigenvalue weighted by Crippen LogP contribution is -1.98. The molecule has 0 radical (unpaired) electrons. The highest BCUT2D eigenvalue weighted by molar-refractivity contribution is 6.20. The summed E-state index contributed by atoms with van der Waals surface area (Å²) in [5.41, 5.74) is 3.74. The molecule has 2 aromatic carbocycles. The highest BCUT2D eigenvalue weighted by atomic mass is 35.5. The molecule has 3 nitrogen and oxygen atoms in total. The van der Waals surface area contributed by atoms with Crippen molar-refractivity contribution >= 4 is 22.7 Å². The molecule has 3 rings (SSSR count). The lowest BCUT2D eigenvalue weighted by atomic mass is 10.1. The first kappa shape index (κ1) is 14.0. The number of alkyl halides is 1. The highest BCUT2D eigenvalue weighted by Gasteiger charge is 2.15. The van der Waals surface area contributed by atoms with Crippen molar-refractivity contribution in [2.75, 3.05) is 7.11 Å². The molecule has 108 valence electrons. The third-order valence-electron chi connectivity index (χ3n) is 3.49. The number of hydrogen-bond acceptors (Lipinski definition) is 3. The van der Waals surface area contributed by atoms with Gasteiger partial charge in [-0.3, -0.25) is 0 Å². The number of halogens is 1. The van der Waals surface area contributed by atoms with E-state index in [4.69, 9.17) is 20.8 Å². The van der Waals surface area contributed by atoms with Gasteiger partial charge in [0.25, 0.3) is 0 Å². The summed E-state index contributed by atoms with van der Waals surface area (Å²) in [7, 11) is 1.66. The Hall–Kier alpha value is -2.00. The SMILES string of the molecule is COc1cc(C(Cl)Cc2nc3ccccc3o2)ccc1C. The average Bonchev–Trinajstić information content (AvgIpc) is 2.89. The molecular weight excluding hydrogens is 286 g/mol. The fraction of sp³-hybridized carbons (Fsp3) is 0.235. The van der Waals surface area contributed by atoms with Crippen LogP contribution in [-0.4, -0.2) is 12.1 Å². The third-order valence-corrected chi connectivity index (χ3v) is 3.89. The molecule has 0 saturated carbocycles. The summed E-state index contributed by atoms with van der Waals surface area (Å²) in [6.45, 7) is 2.01. The molecule has 0 spiro atoms. The Morgan fingerprint density at radius 2 is 2.05 bits per heavy atom. The molecule has 21 heavy (non-hydrogen) atoms. The molecule has 0 aliphatic rings. The van der Waals surface area contributed by atoms with Crippen LogP contribution in [0.2, 0.25) is 0 Å². The van der Waals surface area contributed by atoms with Crippen LogP contribution < -0.4 is 4.74 Å². The van der Waals surface area contributed by atoms with Crippen molar-refractivity contribution in [2.24, 2.45) is 0 Å². The van der Waals surface area contributed by atoms with Gasteiger partial charge in [-0.15, -0.1) is 11.6 Å². The number of aromatic nitrogens is 1. The summed E-state index contributed by atoms with van der Waals surface area (Å²) < 4.78 is 11.0.